The van der Waals surface area contributed by atoms with Crippen molar-refractivity contribution in [3.05, 3.63) is 115 Å². The highest BCUT2D eigenvalue weighted by atomic mass is 32.2. The van der Waals surface area contributed by atoms with Crippen molar-refractivity contribution in [1.29, 1.82) is 0 Å². The van der Waals surface area contributed by atoms with Gasteiger partial charge in [-0.2, -0.15) is 0 Å². The van der Waals surface area contributed by atoms with Crippen LogP contribution in [0.2, 0.25) is 0 Å². The van der Waals surface area contributed by atoms with Gasteiger partial charge in [-0.15, -0.1) is 11.8 Å². The van der Waals surface area contributed by atoms with Crippen LogP contribution < -0.4 is 10.0 Å². The average molecular weight is 476 g/mol. The summed E-state index contributed by atoms with van der Waals surface area (Å²) in [6.45, 7) is 0. The first-order valence-electron chi connectivity index (χ1n) is 10.1. The number of hydrogen-bond acceptors (Lipinski definition) is 5. The monoisotopic (exact) mass is 475 g/mol. The van der Waals surface area contributed by atoms with Gasteiger partial charge in [-0.1, -0.05) is 36.4 Å². The van der Waals surface area contributed by atoms with Crippen LogP contribution in [-0.2, 0) is 15.8 Å². The molecule has 0 aliphatic heterocycles. The number of benzene rings is 3. The predicted octanol–water partition coefficient (Wildman–Crippen LogP) is 5.43. The Morgan fingerprint density at radius 3 is 2.21 bits per heavy atom. The number of nitrogens with zero attached hydrogens (tertiary/aromatic N) is 1. The van der Waals surface area contributed by atoms with Crippen LogP contribution in [-0.4, -0.2) is 19.3 Å². The van der Waals surface area contributed by atoms with Gasteiger partial charge in [-0.3, -0.25) is 14.5 Å². The Morgan fingerprint density at radius 1 is 0.818 bits per heavy atom. The zero-order valence-electron chi connectivity index (χ0n) is 17.5. The molecule has 6 nitrogen and oxygen atoms in total. The Kier molecular flexibility index (Phi) is 7.07. The van der Waals surface area contributed by atoms with Crippen molar-refractivity contribution in [2.75, 3.05) is 10.0 Å². The van der Waals surface area contributed by atoms with Crippen LogP contribution in [0.1, 0.15) is 15.9 Å². The minimum absolute atomic E-state index is 0.144. The Bertz CT molecular complexity index is 1330. The summed E-state index contributed by atoms with van der Waals surface area (Å²) in [6, 6.07) is 26.0. The van der Waals surface area contributed by atoms with Gasteiger partial charge in [-0.05, 0) is 60.2 Å². The lowest BCUT2D eigenvalue weighted by atomic mass is 10.2. The number of hydrogen-bond donors (Lipinski definition) is 2. The van der Waals surface area contributed by atoms with Gasteiger partial charge in [0.15, 0.2) is 0 Å². The first-order chi connectivity index (χ1) is 16.0. The van der Waals surface area contributed by atoms with Crippen molar-refractivity contribution < 1.29 is 13.2 Å². The molecule has 4 rings (SSSR count). The lowest BCUT2D eigenvalue weighted by molar-refractivity contribution is 0.102. The fourth-order valence-electron chi connectivity index (χ4n) is 3.03. The van der Waals surface area contributed by atoms with E-state index in [-0.39, 0.29) is 10.8 Å². The lowest BCUT2D eigenvalue weighted by Gasteiger charge is -2.14. The van der Waals surface area contributed by atoms with Gasteiger partial charge >= 0.3 is 0 Å². The van der Waals surface area contributed by atoms with Gasteiger partial charge in [0, 0.05) is 28.6 Å². The number of para-hydroxylation sites is 2. The molecule has 166 valence electrons. The molecule has 1 amide bonds. The summed E-state index contributed by atoms with van der Waals surface area (Å²) in [5.41, 5.74) is 2.26. The molecule has 0 saturated heterocycles. The molecule has 2 N–H and O–H groups in total. The molecule has 33 heavy (non-hydrogen) atoms. The number of rotatable bonds is 8. The van der Waals surface area contributed by atoms with E-state index < -0.39 is 10.0 Å². The fraction of sp³-hybridized carbons (Fsp3) is 0.0400. The first-order valence-corrected chi connectivity index (χ1v) is 12.6. The van der Waals surface area contributed by atoms with E-state index in [2.05, 4.69) is 15.0 Å². The third kappa shape index (κ3) is 6.00. The third-order valence-corrected chi connectivity index (χ3v) is 7.18. The third-order valence-electron chi connectivity index (χ3n) is 4.72. The second-order valence-electron chi connectivity index (χ2n) is 7.09. The summed E-state index contributed by atoms with van der Waals surface area (Å²) in [5, 5.41) is 2.80. The van der Waals surface area contributed by atoms with Crippen molar-refractivity contribution in [2.24, 2.45) is 0 Å². The van der Waals surface area contributed by atoms with Crippen molar-refractivity contribution in [2.45, 2.75) is 15.5 Å². The van der Waals surface area contributed by atoms with E-state index in [1.807, 2.05) is 30.5 Å². The second-order valence-corrected chi connectivity index (χ2v) is 9.82. The van der Waals surface area contributed by atoms with Crippen molar-refractivity contribution in [1.82, 2.24) is 4.98 Å². The number of carbonyl (C=O) groups excluding carboxylic acids is 1. The normalized spacial score (nSPS) is 11.0. The van der Waals surface area contributed by atoms with E-state index >= 15 is 0 Å². The summed E-state index contributed by atoms with van der Waals surface area (Å²) in [6.07, 6.45) is 3.57. The molecule has 1 aromatic heterocycles. The Balaban J connectivity index is 1.43. The van der Waals surface area contributed by atoms with E-state index in [1.54, 1.807) is 72.6 Å². The summed E-state index contributed by atoms with van der Waals surface area (Å²) < 4.78 is 27.9. The molecule has 0 radical (unpaired) electrons. The smallest absolute Gasteiger partial charge is 0.261 e. The highest BCUT2D eigenvalue weighted by molar-refractivity contribution is 7.98. The first kappa shape index (κ1) is 22.6. The van der Waals surface area contributed by atoms with Gasteiger partial charge < -0.3 is 5.32 Å². The number of nitrogens with one attached hydrogen (secondary N) is 2. The Labute approximate surface area is 197 Å². The molecule has 8 heteroatoms. The fourth-order valence-corrected chi connectivity index (χ4v) is 4.97. The number of carbonyl (C=O) groups is 1. The quantitative estimate of drug-likeness (QED) is 0.332. The van der Waals surface area contributed by atoms with Crippen LogP contribution in [0.3, 0.4) is 0 Å². The standard InChI is InChI=1S/C25H21N3O3S2/c29-25(20-12-14-21(15-13-20)32-18-19-7-6-16-26-17-19)27-23-10-4-5-11-24(23)28-33(30,31)22-8-2-1-3-9-22/h1-17,28H,18H2,(H,27,29). The van der Waals surface area contributed by atoms with Crippen LogP contribution in [0.25, 0.3) is 0 Å². The number of aromatic nitrogens is 1. The van der Waals surface area contributed by atoms with Gasteiger partial charge in [-0.25, -0.2) is 8.42 Å². The molecule has 0 spiro atoms. The van der Waals surface area contributed by atoms with Crippen LogP contribution >= 0.6 is 11.8 Å². The number of thioether (sulfide) groups is 1. The summed E-state index contributed by atoms with van der Waals surface area (Å²) >= 11 is 1.66. The average Bonchev–Trinajstić information content (AvgIpc) is 2.85. The molecular formula is C25H21N3O3S2. The number of sulfonamides is 1. The molecule has 0 saturated carbocycles. The SMILES string of the molecule is O=C(Nc1ccccc1NS(=O)(=O)c1ccccc1)c1ccc(SCc2cccnc2)cc1. The minimum Gasteiger partial charge on any atom is -0.320 e. The summed E-state index contributed by atoms with van der Waals surface area (Å²) in [5.74, 6) is 0.457. The van der Waals surface area contributed by atoms with Crippen molar-refractivity contribution >= 4 is 39.1 Å². The molecule has 3 aromatic carbocycles. The van der Waals surface area contributed by atoms with E-state index in [1.165, 1.54) is 12.1 Å². The number of amides is 1. The van der Waals surface area contributed by atoms with Crippen molar-refractivity contribution in [3.63, 3.8) is 0 Å². The van der Waals surface area contributed by atoms with Gasteiger partial charge in [0.25, 0.3) is 15.9 Å². The molecule has 0 atom stereocenters. The molecule has 0 unspecified atom stereocenters. The van der Waals surface area contributed by atoms with E-state index in [4.69, 9.17) is 0 Å². The summed E-state index contributed by atoms with van der Waals surface area (Å²) in [4.78, 5) is 18.1. The maximum absolute atomic E-state index is 12.8. The van der Waals surface area contributed by atoms with E-state index in [0.29, 0.717) is 16.9 Å². The maximum Gasteiger partial charge on any atom is 0.261 e. The van der Waals surface area contributed by atoms with E-state index in [0.717, 1.165) is 16.2 Å². The van der Waals surface area contributed by atoms with Crippen LogP contribution in [0.4, 0.5) is 11.4 Å². The van der Waals surface area contributed by atoms with Crippen molar-refractivity contribution in [3.8, 4) is 0 Å². The molecule has 0 aliphatic rings. The highest BCUT2D eigenvalue weighted by Crippen LogP contribution is 2.26. The predicted molar refractivity (Wildman–Crippen MR) is 132 cm³/mol. The zero-order valence-corrected chi connectivity index (χ0v) is 19.1. The Hall–Kier alpha value is -3.62. The summed E-state index contributed by atoms with van der Waals surface area (Å²) in [7, 11) is -3.78. The van der Waals surface area contributed by atoms with Gasteiger partial charge in [0.05, 0.1) is 16.3 Å². The number of anilines is 2. The maximum atomic E-state index is 12.8. The molecule has 1 heterocycles. The molecule has 4 aromatic rings. The molecular weight excluding hydrogens is 454 g/mol. The zero-order chi connectivity index (χ0) is 23.1. The molecule has 0 fully saturated rings. The van der Waals surface area contributed by atoms with Crippen LogP contribution in [0.15, 0.2) is 113 Å². The molecule has 0 aliphatic carbocycles. The van der Waals surface area contributed by atoms with Gasteiger partial charge in [0.1, 0.15) is 0 Å². The number of pyridine rings is 1. The Morgan fingerprint density at radius 2 is 1.52 bits per heavy atom. The molecule has 0 bridgehead atoms. The van der Waals surface area contributed by atoms with Crippen LogP contribution in [0, 0.1) is 0 Å². The topological polar surface area (TPSA) is 88.2 Å². The van der Waals surface area contributed by atoms with Crippen LogP contribution in [0.5, 0.6) is 0 Å². The lowest BCUT2D eigenvalue weighted by Crippen LogP contribution is -2.17. The minimum atomic E-state index is -3.78. The van der Waals surface area contributed by atoms with E-state index in [9.17, 15) is 13.2 Å². The second kappa shape index (κ2) is 10.3. The highest BCUT2D eigenvalue weighted by Gasteiger charge is 2.16. The largest absolute Gasteiger partial charge is 0.320 e. The van der Waals surface area contributed by atoms with Gasteiger partial charge in [0.2, 0.25) is 0 Å².